The maximum atomic E-state index is 12.9. The van der Waals surface area contributed by atoms with Crippen molar-refractivity contribution < 1.29 is 4.39 Å². The molecule has 0 aliphatic carbocycles. The lowest BCUT2D eigenvalue weighted by Gasteiger charge is -2.24. The zero-order valence-electron chi connectivity index (χ0n) is 10.1. The summed E-state index contributed by atoms with van der Waals surface area (Å²) in [7, 11) is 0. The van der Waals surface area contributed by atoms with Gasteiger partial charge in [-0.25, -0.2) is 4.39 Å². The highest BCUT2D eigenvalue weighted by Crippen LogP contribution is 2.25. The Kier molecular flexibility index (Phi) is 5.19. The highest BCUT2D eigenvalue weighted by atomic mass is 127. The van der Waals surface area contributed by atoms with Gasteiger partial charge in [0.15, 0.2) is 0 Å². The fraction of sp³-hybridized carbons (Fsp3) is 0.462. The Morgan fingerprint density at radius 1 is 1.47 bits per heavy atom. The predicted octanol–water partition coefficient (Wildman–Crippen LogP) is 4.17. The van der Waals surface area contributed by atoms with E-state index in [1.165, 1.54) is 12.1 Å². The van der Waals surface area contributed by atoms with Gasteiger partial charge in [-0.05, 0) is 52.6 Å². The van der Waals surface area contributed by atoms with Crippen LogP contribution in [-0.4, -0.2) is 6.54 Å². The number of nitriles is 1. The average Bonchev–Trinajstić information content (AvgIpc) is 2.25. The first-order valence-electron chi connectivity index (χ1n) is 5.50. The molecule has 0 heterocycles. The van der Waals surface area contributed by atoms with Crippen molar-refractivity contribution in [1.29, 1.82) is 5.26 Å². The minimum atomic E-state index is -0.219. The van der Waals surface area contributed by atoms with Gasteiger partial charge in [-0.3, -0.25) is 0 Å². The second-order valence-corrected chi connectivity index (χ2v) is 5.96. The standard InChI is InChI=1S/C13H16FIN2/c1-13(2,6-3-7-16)9-17-12-5-4-10(14)8-11(12)15/h4-5,8,17H,3,6,9H2,1-2H3. The van der Waals surface area contributed by atoms with E-state index in [1.54, 1.807) is 6.07 Å². The van der Waals surface area contributed by atoms with Crippen molar-refractivity contribution in [1.82, 2.24) is 0 Å². The Morgan fingerprint density at radius 2 is 2.18 bits per heavy atom. The SMILES string of the molecule is CC(C)(CCC#N)CNc1ccc(F)cc1I. The molecule has 1 rings (SSSR count). The van der Waals surface area contributed by atoms with E-state index in [1.807, 2.05) is 0 Å². The van der Waals surface area contributed by atoms with E-state index in [-0.39, 0.29) is 11.2 Å². The zero-order chi connectivity index (χ0) is 12.9. The van der Waals surface area contributed by atoms with Crippen molar-refractivity contribution in [2.24, 2.45) is 5.41 Å². The van der Waals surface area contributed by atoms with Gasteiger partial charge in [0.1, 0.15) is 5.82 Å². The molecule has 0 aliphatic rings. The van der Waals surface area contributed by atoms with Crippen LogP contribution in [-0.2, 0) is 0 Å². The van der Waals surface area contributed by atoms with Crippen LogP contribution < -0.4 is 5.32 Å². The second kappa shape index (κ2) is 6.20. The molecule has 2 nitrogen and oxygen atoms in total. The molecule has 4 heteroatoms. The van der Waals surface area contributed by atoms with Crippen LogP contribution in [0.1, 0.15) is 26.7 Å². The van der Waals surface area contributed by atoms with Gasteiger partial charge in [-0.1, -0.05) is 13.8 Å². The summed E-state index contributed by atoms with van der Waals surface area (Å²) in [6.45, 7) is 5.01. The Labute approximate surface area is 115 Å². The van der Waals surface area contributed by atoms with Gasteiger partial charge in [0.25, 0.3) is 0 Å². The van der Waals surface area contributed by atoms with Crippen molar-refractivity contribution >= 4 is 28.3 Å². The van der Waals surface area contributed by atoms with Gasteiger partial charge in [-0.2, -0.15) is 5.26 Å². The van der Waals surface area contributed by atoms with E-state index in [2.05, 4.69) is 47.8 Å². The zero-order valence-corrected chi connectivity index (χ0v) is 12.2. The predicted molar refractivity (Wildman–Crippen MR) is 76.2 cm³/mol. The third-order valence-corrected chi connectivity index (χ3v) is 3.49. The summed E-state index contributed by atoms with van der Waals surface area (Å²) < 4.78 is 13.8. The van der Waals surface area contributed by atoms with Crippen LogP contribution in [0, 0.1) is 26.1 Å². The minimum Gasteiger partial charge on any atom is -0.384 e. The van der Waals surface area contributed by atoms with E-state index in [9.17, 15) is 4.39 Å². The Hall–Kier alpha value is -0.830. The molecular weight excluding hydrogens is 330 g/mol. The highest BCUT2D eigenvalue weighted by Gasteiger charge is 2.17. The van der Waals surface area contributed by atoms with Gasteiger partial charge in [-0.15, -0.1) is 0 Å². The first-order valence-corrected chi connectivity index (χ1v) is 6.58. The molecule has 0 bridgehead atoms. The fourth-order valence-electron chi connectivity index (χ4n) is 1.45. The molecule has 0 aliphatic heterocycles. The van der Waals surface area contributed by atoms with Crippen LogP contribution >= 0.6 is 22.6 Å². The van der Waals surface area contributed by atoms with E-state index in [4.69, 9.17) is 5.26 Å². The molecule has 0 spiro atoms. The molecular formula is C13H16FIN2. The van der Waals surface area contributed by atoms with E-state index >= 15 is 0 Å². The fourth-order valence-corrected chi connectivity index (χ4v) is 2.12. The van der Waals surface area contributed by atoms with Crippen LogP contribution in [0.3, 0.4) is 0 Å². The van der Waals surface area contributed by atoms with Gasteiger partial charge < -0.3 is 5.32 Å². The molecule has 17 heavy (non-hydrogen) atoms. The lowest BCUT2D eigenvalue weighted by atomic mass is 9.88. The van der Waals surface area contributed by atoms with Crippen LogP contribution in [0.4, 0.5) is 10.1 Å². The average molecular weight is 346 g/mol. The van der Waals surface area contributed by atoms with Crippen LogP contribution in [0.2, 0.25) is 0 Å². The van der Waals surface area contributed by atoms with Crippen molar-refractivity contribution in [2.75, 3.05) is 11.9 Å². The highest BCUT2D eigenvalue weighted by molar-refractivity contribution is 14.1. The molecule has 0 aromatic heterocycles. The van der Waals surface area contributed by atoms with Crippen LogP contribution in [0.25, 0.3) is 0 Å². The maximum absolute atomic E-state index is 12.9. The summed E-state index contributed by atoms with van der Waals surface area (Å²) in [4.78, 5) is 0. The Bertz CT molecular complexity index is 424. The molecule has 0 saturated heterocycles. The number of rotatable bonds is 5. The number of hydrogen-bond donors (Lipinski definition) is 1. The number of benzene rings is 1. The van der Waals surface area contributed by atoms with Crippen molar-refractivity contribution in [2.45, 2.75) is 26.7 Å². The third-order valence-electron chi connectivity index (χ3n) is 2.60. The summed E-state index contributed by atoms with van der Waals surface area (Å²) in [5.74, 6) is -0.219. The minimum absolute atomic E-state index is 0.0627. The normalized spacial score (nSPS) is 11.0. The number of hydrogen-bond acceptors (Lipinski definition) is 2. The summed E-state index contributed by atoms with van der Waals surface area (Å²) in [6.07, 6.45) is 1.42. The van der Waals surface area contributed by atoms with Crippen molar-refractivity contribution in [3.63, 3.8) is 0 Å². The topological polar surface area (TPSA) is 35.8 Å². The summed E-state index contributed by atoms with van der Waals surface area (Å²) in [6, 6.07) is 6.87. The van der Waals surface area contributed by atoms with Crippen molar-refractivity contribution in [3.8, 4) is 6.07 Å². The van der Waals surface area contributed by atoms with Crippen molar-refractivity contribution in [3.05, 3.63) is 27.6 Å². The molecule has 0 fully saturated rings. The lowest BCUT2D eigenvalue weighted by molar-refractivity contribution is 0.363. The molecule has 0 amide bonds. The molecule has 0 saturated carbocycles. The summed E-state index contributed by atoms with van der Waals surface area (Å²) in [5, 5.41) is 11.9. The van der Waals surface area contributed by atoms with E-state index < -0.39 is 0 Å². The molecule has 0 radical (unpaired) electrons. The van der Waals surface area contributed by atoms with Gasteiger partial charge in [0.05, 0.1) is 6.07 Å². The Morgan fingerprint density at radius 3 is 2.76 bits per heavy atom. The van der Waals surface area contributed by atoms with Crippen LogP contribution in [0.5, 0.6) is 0 Å². The van der Waals surface area contributed by atoms with E-state index in [0.29, 0.717) is 6.42 Å². The van der Waals surface area contributed by atoms with Gasteiger partial charge in [0, 0.05) is 22.2 Å². The largest absolute Gasteiger partial charge is 0.384 e. The summed E-state index contributed by atoms with van der Waals surface area (Å²) >= 11 is 2.11. The molecule has 1 aromatic carbocycles. The second-order valence-electron chi connectivity index (χ2n) is 4.80. The number of halogens is 2. The lowest BCUT2D eigenvalue weighted by Crippen LogP contribution is -2.23. The number of nitrogens with one attached hydrogen (secondary N) is 1. The third kappa shape index (κ3) is 4.90. The number of nitrogens with zero attached hydrogens (tertiary/aromatic N) is 1. The molecule has 0 atom stereocenters. The smallest absolute Gasteiger partial charge is 0.124 e. The molecule has 92 valence electrons. The first kappa shape index (κ1) is 14.2. The van der Waals surface area contributed by atoms with E-state index in [0.717, 1.165) is 22.2 Å². The monoisotopic (exact) mass is 346 g/mol. The van der Waals surface area contributed by atoms with Gasteiger partial charge >= 0.3 is 0 Å². The Balaban J connectivity index is 2.58. The first-order chi connectivity index (χ1) is 7.94. The molecule has 1 N–H and O–H groups in total. The molecule has 0 unspecified atom stereocenters. The molecule has 1 aromatic rings. The number of anilines is 1. The maximum Gasteiger partial charge on any atom is 0.124 e. The van der Waals surface area contributed by atoms with Crippen LogP contribution in [0.15, 0.2) is 18.2 Å². The quantitative estimate of drug-likeness (QED) is 0.813. The van der Waals surface area contributed by atoms with Gasteiger partial charge in [0.2, 0.25) is 0 Å². The summed E-state index contributed by atoms with van der Waals surface area (Å²) in [5.41, 5.74) is 1.00.